The summed E-state index contributed by atoms with van der Waals surface area (Å²) >= 11 is 0. The zero-order chi connectivity index (χ0) is 18.6. The number of nitrogens with zero attached hydrogens (tertiary/aromatic N) is 2. The number of primary amides is 1. The van der Waals surface area contributed by atoms with Crippen LogP contribution in [0.3, 0.4) is 0 Å². The SMILES string of the molecule is CN(C(=O)[C@H](NC(N)=O)C(C)(C)C)[C@H]1CCCN(c2ccccc2)C1. The summed E-state index contributed by atoms with van der Waals surface area (Å²) in [5.41, 5.74) is 6.04. The van der Waals surface area contributed by atoms with Crippen LogP contribution in [0.15, 0.2) is 30.3 Å². The van der Waals surface area contributed by atoms with Gasteiger partial charge in [0, 0.05) is 31.9 Å². The van der Waals surface area contributed by atoms with Crippen molar-refractivity contribution in [3.63, 3.8) is 0 Å². The van der Waals surface area contributed by atoms with E-state index in [2.05, 4.69) is 22.3 Å². The first-order chi connectivity index (χ1) is 11.7. The van der Waals surface area contributed by atoms with Crippen LogP contribution < -0.4 is 16.0 Å². The molecule has 3 amide bonds. The second-order valence-corrected chi connectivity index (χ2v) is 7.83. The zero-order valence-electron chi connectivity index (χ0n) is 15.7. The molecule has 0 aliphatic carbocycles. The third-order valence-corrected chi connectivity index (χ3v) is 4.81. The first-order valence-corrected chi connectivity index (χ1v) is 8.83. The fraction of sp³-hybridized carbons (Fsp3) is 0.579. The van der Waals surface area contributed by atoms with Crippen LogP contribution in [-0.4, -0.2) is 49.1 Å². The molecular formula is C19H30N4O2. The van der Waals surface area contributed by atoms with E-state index in [4.69, 9.17) is 5.73 Å². The van der Waals surface area contributed by atoms with E-state index in [1.165, 1.54) is 5.69 Å². The van der Waals surface area contributed by atoms with Crippen molar-refractivity contribution in [3.05, 3.63) is 30.3 Å². The molecule has 1 aromatic carbocycles. The fourth-order valence-electron chi connectivity index (χ4n) is 3.32. The van der Waals surface area contributed by atoms with Gasteiger partial charge in [-0.2, -0.15) is 0 Å². The Morgan fingerprint density at radius 3 is 2.48 bits per heavy atom. The summed E-state index contributed by atoms with van der Waals surface area (Å²) in [7, 11) is 1.82. The van der Waals surface area contributed by atoms with Crippen molar-refractivity contribution >= 4 is 17.6 Å². The van der Waals surface area contributed by atoms with Gasteiger partial charge in [0.1, 0.15) is 6.04 Å². The van der Waals surface area contributed by atoms with Crippen LogP contribution >= 0.6 is 0 Å². The van der Waals surface area contributed by atoms with Gasteiger partial charge in [0.25, 0.3) is 0 Å². The Morgan fingerprint density at radius 2 is 1.92 bits per heavy atom. The number of likely N-dealkylation sites (N-methyl/N-ethyl adjacent to an activating group) is 1. The number of nitrogens with two attached hydrogens (primary N) is 1. The van der Waals surface area contributed by atoms with Crippen molar-refractivity contribution in [2.24, 2.45) is 11.1 Å². The van der Waals surface area contributed by atoms with Gasteiger partial charge in [-0.3, -0.25) is 4.79 Å². The second-order valence-electron chi connectivity index (χ2n) is 7.83. The van der Waals surface area contributed by atoms with Gasteiger partial charge in [-0.05, 0) is 30.4 Å². The molecule has 1 aromatic rings. The Balaban J connectivity index is 2.10. The summed E-state index contributed by atoms with van der Waals surface area (Å²) in [6, 6.07) is 9.05. The molecule has 2 rings (SSSR count). The molecule has 6 heteroatoms. The number of carbonyl (C=O) groups excluding carboxylic acids is 2. The maximum atomic E-state index is 13.0. The largest absolute Gasteiger partial charge is 0.369 e. The summed E-state index contributed by atoms with van der Waals surface area (Å²) in [5.74, 6) is -0.0915. The highest BCUT2D eigenvalue weighted by Crippen LogP contribution is 2.25. The minimum atomic E-state index is -0.670. The number of rotatable bonds is 4. The number of para-hydroxylation sites is 1. The van der Waals surface area contributed by atoms with Gasteiger partial charge in [0.2, 0.25) is 5.91 Å². The van der Waals surface area contributed by atoms with Crippen molar-refractivity contribution in [2.45, 2.75) is 45.7 Å². The smallest absolute Gasteiger partial charge is 0.312 e. The summed E-state index contributed by atoms with van der Waals surface area (Å²) < 4.78 is 0. The van der Waals surface area contributed by atoms with Gasteiger partial charge in [0.15, 0.2) is 0 Å². The number of hydrogen-bond acceptors (Lipinski definition) is 3. The number of urea groups is 1. The van der Waals surface area contributed by atoms with E-state index in [9.17, 15) is 9.59 Å². The van der Waals surface area contributed by atoms with E-state index in [-0.39, 0.29) is 11.9 Å². The van der Waals surface area contributed by atoms with Gasteiger partial charge in [-0.1, -0.05) is 39.0 Å². The predicted octanol–water partition coefficient (Wildman–Crippen LogP) is 2.20. The predicted molar refractivity (Wildman–Crippen MR) is 100 cm³/mol. The maximum Gasteiger partial charge on any atom is 0.312 e. The monoisotopic (exact) mass is 346 g/mol. The highest BCUT2D eigenvalue weighted by Gasteiger charge is 2.37. The number of anilines is 1. The lowest BCUT2D eigenvalue weighted by molar-refractivity contribution is -0.136. The molecule has 0 saturated carbocycles. The number of carbonyl (C=O) groups is 2. The normalized spacial score (nSPS) is 19.2. The van der Waals surface area contributed by atoms with Crippen LogP contribution in [0.25, 0.3) is 0 Å². The Hall–Kier alpha value is -2.24. The Kier molecular flexibility index (Phi) is 5.93. The highest BCUT2D eigenvalue weighted by atomic mass is 16.2. The molecule has 1 heterocycles. The third kappa shape index (κ3) is 4.87. The number of nitrogens with one attached hydrogen (secondary N) is 1. The Morgan fingerprint density at radius 1 is 1.28 bits per heavy atom. The number of amides is 3. The molecule has 0 unspecified atom stereocenters. The van der Waals surface area contributed by atoms with E-state index < -0.39 is 17.5 Å². The molecule has 1 aliphatic heterocycles. The number of piperidine rings is 1. The zero-order valence-corrected chi connectivity index (χ0v) is 15.7. The van der Waals surface area contributed by atoms with E-state index in [1.54, 1.807) is 4.90 Å². The van der Waals surface area contributed by atoms with Crippen LogP contribution in [0.4, 0.5) is 10.5 Å². The molecule has 1 fully saturated rings. The van der Waals surface area contributed by atoms with Crippen molar-refractivity contribution < 1.29 is 9.59 Å². The average molecular weight is 346 g/mol. The van der Waals surface area contributed by atoms with Crippen LogP contribution in [-0.2, 0) is 4.79 Å². The highest BCUT2D eigenvalue weighted by molar-refractivity contribution is 5.87. The number of hydrogen-bond donors (Lipinski definition) is 2. The quantitative estimate of drug-likeness (QED) is 0.877. The molecule has 0 spiro atoms. The first-order valence-electron chi connectivity index (χ1n) is 8.83. The van der Waals surface area contributed by atoms with E-state index >= 15 is 0 Å². The van der Waals surface area contributed by atoms with Crippen LogP contribution in [0.5, 0.6) is 0 Å². The van der Waals surface area contributed by atoms with Crippen molar-refractivity contribution in [3.8, 4) is 0 Å². The maximum absolute atomic E-state index is 13.0. The third-order valence-electron chi connectivity index (χ3n) is 4.81. The molecule has 6 nitrogen and oxygen atoms in total. The van der Waals surface area contributed by atoms with E-state index in [0.29, 0.717) is 0 Å². The molecule has 0 bridgehead atoms. The summed E-state index contributed by atoms with van der Waals surface area (Å²) in [4.78, 5) is 28.4. The van der Waals surface area contributed by atoms with Crippen LogP contribution in [0.2, 0.25) is 0 Å². The Bertz CT molecular complexity index is 597. The molecule has 0 aromatic heterocycles. The molecule has 1 aliphatic rings. The van der Waals surface area contributed by atoms with Crippen molar-refractivity contribution in [2.75, 3.05) is 25.0 Å². The Labute approximate surface area is 150 Å². The van der Waals surface area contributed by atoms with E-state index in [1.807, 2.05) is 46.0 Å². The molecule has 1 saturated heterocycles. The van der Waals surface area contributed by atoms with Gasteiger partial charge in [-0.15, -0.1) is 0 Å². The van der Waals surface area contributed by atoms with Gasteiger partial charge in [-0.25, -0.2) is 4.79 Å². The standard InChI is InChI=1S/C19H30N4O2/c1-19(2,3)16(21-18(20)25)17(24)22(4)15-11-8-12-23(13-15)14-9-6-5-7-10-14/h5-7,9-10,15-16H,8,11-13H2,1-4H3,(H3,20,21,25)/t15-,16-/m0/s1. The van der Waals surface area contributed by atoms with Crippen molar-refractivity contribution in [1.82, 2.24) is 10.2 Å². The van der Waals surface area contributed by atoms with Gasteiger partial charge >= 0.3 is 6.03 Å². The topological polar surface area (TPSA) is 78.7 Å². The molecular weight excluding hydrogens is 316 g/mol. The molecule has 138 valence electrons. The van der Waals surface area contributed by atoms with Gasteiger partial charge < -0.3 is 20.9 Å². The van der Waals surface area contributed by atoms with Crippen molar-refractivity contribution in [1.29, 1.82) is 0 Å². The van der Waals surface area contributed by atoms with Crippen LogP contribution in [0, 0.1) is 5.41 Å². The fourth-order valence-corrected chi connectivity index (χ4v) is 3.32. The number of benzene rings is 1. The summed E-state index contributed by atoms with van der Waals surface area (Å²) in [6.07, 6.45) is 1.99. The minimum absolute atomic E-state index is 0.0915. The minimum Gasteiger partial charge on any atom is -0.369 e. The molecule has 3 N–H and O–H groups in total. The molecule has 25 heavy (non-hydrogen) atoms. The second kappa shape index (κ2) is 7.76. The molecule has 0 radical (unpaired) electrons. The lowest BCUT2D eigenvalue weighted by Gasteiger charge is -2.41. The van der Waals surface area contributed by atoms with Gasteiger partial charge in [0.05, 0.1) is 0 Å². The van der Waals surface area contributed by atoms with E-state index in [0.717, 1.165) is 25.9 Å². The van der Waals surface area contributed by atoms with Crippen LogP contribution in [0.1, 0.15) is 33.6 Å². The molecule has 2 atom stereocenters. The lowest BCUT2D eigenvalue weighted by Crippen LogP contribution is -2.59. The lowest BCUT2D eigenvalue weighted by atomic mass is 9.85. The summed E-state index contributed by atoms with van der Waals surface area (Å²) in [6.45, 7) is 7.56. The first kappa shape index (κ1) is 19.1. The average Bonchev–Trinajstić information content (AvgIpc) is 2.58. The summed E-state index contributed by atoms with van der Waals surface area (Å²) in [5, 5.41) is 2.62.